The second-order valence-electron chi connectivity index (χ2n) is 8.89. The number of carbonyl (C=O) groups is 1. The van der Waals surface area contributed by atoms with Crippen molar-refractivity contribution >= 4 is 18.1 Å². The van der Waals surface area contributed by atoms with Crippen LogP contribution in [0.15, 0.2) is 78.9 Å². The van der Waals surface area contributed by atoms with E-state index in [0.29, 0.717) is 24.6 Å². The number of hydrogen-bond donors (Lipinski definition) is 0. The van der Waals surface area contributed by atoms with Crippen LogP contribution in [0.25, 0.3) is 23.3 Å². The normalized spacial score (nSPS) is 16.1. The van der Waals surface area contributed by atoms with Crippen molar-refractivity contribution in [1.82, 2.24) is 4.90 Å². The van der Waals surface area contributed by atoms with Crippen LogP contribution in [0.2, 0.25) is 0 Å². The second kappa shape index (κ2) is 9.71. The van der Waals surface area contributed by atoms with E-state index in [1.807, 2.05) is 47.4 Å². The Hall–Kier alpha value is -3.99. The minimum Gasteiger partial charge on any atom is -0.493 e. The number of carbonyl (C=O) groups excluding carboxylic acids is 1. The van der Waals surface area contributed by atoms with E-state index < -0.39 is 0 Å². The van der Waals surface area contributed by atoms with Gasteiger partial charge in [0.25, 0.3) is 0 Å². The van der Waals surface area contributed by atoms with E-state index in [9.17, 15) is 4.79 Å². The number of hydrogen-bond acceptors (Lipinski definition) is 4. The van der Waals surface area contributed by atoms with E-state index in [-0.39, 0.29) is 11.5 Å². The van der Waals surface area contributed by atoms with Gasteiger partial charge in [-0.15, -0.1) is 0 Å². The van der Waals surface area contributed by atoms with Crippen LogP contribution in [-0.4, -0.2) is 43.7 Å². The van der Waals surface area contributed by atoms with Gasteiger partial charge in [-0.2, -0.15) is 0 Å². The number of amides is 1. The van der Waals surface area contributed by atoms with E-state index in [1.165, 1.54) is 11.1 Å². The molecular formula is C30H29NO4. The molecule has 2 aliphatic rings. The van der Waals surface area contributed by atoms with Crippen molar-refractivity contribution in [1.29, 1.82) is 0 Å². The first kappa shape index (κ1) is 22.8. The number of likely N-dealkylation sites (tertiary alicyclic amines) is 1. The van der Waals surface area contributed by atoms with E-state index >= 15 is 0 Å². The molecule has 35 heavy (non-hydrogen) atoms. The fourth-order valence-electron chi connectivity index (χ4n) is 4.68. The molecule has 5 rings (SSSR count). The Morgan fingerprint density at radius 3 is 2.43 bits per heavy atom. The van der Waals surface area contributed by atoms with Gasteiger partial charge in [-0.3, -0.25) is 4.79 Å². The predicted molar refractivity (Wildman–Crippen MR) is 139 cm³/mol. The summed E-state index contributed by atoms with van der Waals surface area (Å²) in [5, 5.41) is 0. The molecule has 2 heterocycles. The molecule has 0 bridgehead atoms. The first-order valence-electron chi connectivity index (χ1n) is 11.9. The summed E-state index contributed by atoms with van der Waals surface area (Å²) in [6.07, 6.45) is 9.30. The number of fused-ring (bicyclic) bond motifs is 1. The van der Waals surface area contributed by atoms with Crippen LogP contribution in [0.5, 0.6) is 17.2 Å². The zero-order valence-electron chi connectivity index (χ0n) is 20.1. The van der Waals surface area contributed by atoms with Crippen molar-refractivity contribution in [2.24, 2.45) is 0 Å². The highest BCUT2D eigenvalue weighted by atomic mass is 16.5. The first-order chi connectivity index (χ1) is 17.1. The number of benzene rings is 3. The summed E-state index contributed by atoms with van der Waals surface area (Å²) in [5.74, 6) is 2.21. The highest BCUT2D eigenvalue weighted by Gasteiger charge is 2.37. The van der Waals surface area contributed by atoms with Gasteiger partial charge in [0.1, 0.15) is 11.4 Å². The molecule has 0 saturated carbocycles. The second-order valence-corrected chi connectivity index (χ2v) is 8.89. The van der Waals surface area contributed by atoms with Gasteiger partial charge in [0.2, 0.25) is 5.91 Å². The van der Waals surface area contributed by atoms with Crippen molar-refractivity contribution in [3.05, 3.63) is 90.0 Å². The van der Waals surface area contributed by atoms with Gasteiger partial charge in [-0.25, -0.2) is 0 Å². The van der Waals surface area contributed by atoms with E-state index in [1.54, 1.807) is 20.3 Å². The molecule has 5 nitrogen and oxygen atoms in total. The number of piperidine rings is 1. The van der Waals surface area contributed by atoms with Gasteiger partial charge < -0.3 is 19.1 Å². The third-order valence-electron chi connectivity index (χ3n) is 6.74. The molecule has 1 fully saturated rings. The van der Waals surface area contributed by atoms with Crippen LogP contribution >= 0.6 is 0 Å². The Morgan fingerprint density at radius 2 is 1.69 bits per heavy atom. The zero-order chi connectivity index (χ0) is 24.3. The van der Waals surface area contributed by atoms with Gasteiger partial charge in [0, 0.05) is 37.6 Å². The Morgan fingerprint density at radius 1 is 0.914 bits per heavy atom. The van der Waals surface area contributed by atoms with Crippen molar-refractivity contribution in [2.75, 3.05) is 27.3 Å². The van der Waals surface area contributed by atoms with Gasteiger partial charge in [0.15, 0.2) is 11.5 Å². The molecule has 0 radical (unpaired) electrons. The molecule has 0 atom stereocenters. The third-order valence-corrected chi connectivity index (χ3v) is 6.74. The van der Waals surface area contributed by atoms with E-state index in [2.05, 4.69) is 42.5 Å². The number of ether oxygens (including phenoxy) is 3. The Kier molecular flexibility index (Phi) is 6.32. The minimum absolute atomic E-state index is 0.00215. The monoisotopic (exact) mass is 467 g/mol. The molecule has 1 spiro atoms. The summed E-state index contributed by atoms with van der Waals surface area (Å²) < 4.78 is 17.1. The molecule has 0 aliphatic carbocycles. The Balaban J connectivity index is 1.22. The lowest BCUT2D eigenvalue weighted by Gasteiger charge is -2.41. The Labute approximate surface area is 206 Å². The molecule has 3 aromatic carbocycles. The highest BCUT2D eigenvalue weighted by molar-refractivity contribution is 5.92. The number of nitrogens with zero attached hydrogens (tertiary/aromatic N) is 1. The first-order valence-corrected chi connectivity index (χ1v) is 11.9. The summed E-state index contributed by atoms with van der Waals surface area (Å²) in [7, 11) is 3.20. The molecule has 3 aromatic rings. The largest absolute Gasteiger partial charge is 0.493 e. The SMILES string of the molecule is COc1ccc(/C=C/C(=O)N2CCC3(C=Cc4cc(-c5ccccc5)ccc4O3)CC2)cc1OC. The van der Waals surface area contributed by atoms with E-state index in [4.69, 9.17) is 14.2 Å². The topological polar surface area (TPSA) is 48.0 Å². The van der Waals surface area contributed by atoms with Crippen molar-refractivity contribution in [2.45, 2.75) is 18.4 Å². The Bertz CT molecular complexity index is 1270. The van der Waals surface area contributed by atoms with E-state index in [0.717, 1.165) is 29.7 Å². The predicted octanol–water partition coefficient (Wildman–Crippen LogP) is 5.85. The fraction of sp³-hybridized carbons (Fsp3) is 0.233. The smallest absolute Gasteiger partial charge is 0.246 e. The zero-order valence-corrected chi connectivity index (χ0v) is 20.1. The van der Waals surface area contributed by atoms with Crippen LogP contribution in [0.1, 0.15) is 24.0 Å². The molecule has 178 valence electrons. The average Bonchev–Trinajstić information content (AvgIpc) is 2.92. The lowest BCUT2D eigenvalue weighted by atomic mass is 9.87. The molecule has 2 aliphatic heterocycles. The molecule has 1 amide bonds. The van der Waals surface area contributed by atoms with Crippen LogP contribution in [0.3, 0.4) is 0 Å². The quantitative estimate of drug-likeness (QED) is 0.442. The van der Waals surface area contributed by atoms with Gasteiger partial charge in [-0.1, -0.05) is 48.5 Å². The van der Waals surface area contributed by atoms with Crippen molar-refractivity contribution in [3.8, 4) is 28.4 Å². The highest BCUT2D eigenvalue weighted by Crippen LogP contribution is 2.39. The fourth-order valence-corrected chi connectivity index (χ4v) is 4.68. The summed E-state index contributed by atoms with van der Waals surface area (Å²) in [6, 6.07) is 22.3. The van der Waals surface area contributed by atoms with Crippen LogP contribution in [0, 0.1) is 0 Å². The van der Waals surface area contributed by atoms with Gasteiger partial charge >= 0.3 is 0 Å². The summed E-state index contributed by atoms with van der Waals surface area (Å²) >= 11 is 0. The van der Waals surface area contributed by atoms with Crippen LogP contribution in [-0.2, 0) is 4.79 Å². The third kappa shape index (κ3) is 4.80. The standard InChI is InChI=1S/C30H29NO4/c1-33-27-11-8-22(20-28(27)34-2)9-13-29(32)31-18-16-30(17-19-31)15-14-25-21-24(10-12-26(25)35-30)23-6-4-3-5-7-23/h3-15,20-21H,16-19H2,1-2H3/b13-9+. The van der Waals surface area contributed by atoms with Crippen molar-refractivity contribution < 1.29 is 19.0 Å². The van der Waals surface area contributed by atoms with Gasteiger partial charge in [0.05, 0.1) is 14.2 Å². The minimum atomic E-state index is -0.356. The van der Waals surface area contributed by atoms with Crippen molar-refractivity contribution in [3.63, 3.8) is 0 Å². The lowest BCUT2D eigenvalue weighted by molar-refractivity contribution is -0.128. The molecule has 0 unspecified atom stereocenters. The average molecular weight is 468 g/mol. The molecule has 1 saturated heterocycles. The number of rotatable bonds is 5. The van der Waals surface area contributed by atoms with Crippen LogP contribution in [0.4, 0.5) is 0 Å². The summed E-state index contributed by atoms with van der Waals surface area (Å²) in [6.45, 7) is 1.30. The number of methoxy groups -OCH3 is 2. The molecule has 0 N–H and O–H groups in total. The van der Waals surface area contributed by atoms with Gasteiger partial charge in [-0.05, 0) is 53.1 Å². The molecular weight excluding hydrogens is 438 g/mol. The molecule has 0 aromatic heterocycles. The maximum atomic E-state index is 12.8. The summed E-state index contributed by atoms with van der Waals surface area (Å²) in [4.78, 5) is 14.7. The molecule has 5 heteroatoms. The summed E-state index contributed by atoms with van der Waals surface area (Å²) in [5.41, 5.74) is 3.99. The lowest BCUT2D eigenvalue weighted by Crippen LogP contribution is -2.49. The maximum Gasteiger partial charge on any atom is 0.246 e. The van der Waals surface area contributed by atoms with Crippen LogP contribution < -0.4 is 14.2 Å². The maximum absolute atomic E-state index is 12.8.